The van der Waals surface area contributed by atoms with E-state index in [0.29, 0.717) is 6.04 Å². The van der Waals surface area contributed by atoms with Gasteiger partial charge in [-0.05, 0) is 91.9 Å². The summed E-state index contributed by atoms with van der Waals surface area (Å²) in [5.41, 5.74) is 6.02. The van der Waals surface area contributed by atoms with Gasteiger partial charge >= 0.3 is 0 Å². The van der Waals surface area contributed by atoms with Crippen molar-refractivity contribution >= 4 is 10.9 Å². The third-order valence-corrected chi connectivity index (χ3v) is 7.03. The van der Waals surface area contributed by atoms with Crippen LogP contribution in [0.25, 0.3) is 22.2 Å². The van der Waals surface area contributed by atoms with Crippen molar-refractivity contribution in [2.45, 2.75) is 51.6 Å². The van der Waals surface area contributed by atoms with Gasteiger partial charge in [0.25, 0.3) is 0 Å². The van der Waals surface area contributed by atoms with E-state index in [4.69, 9.17) is 4.74 Å². The Hall–Kier alpha value is -3.24. The fourth-order valence-corrected chi connectivity index (χ4v) is 5.17. The molecule has 4 nitrogen and oxygen atoms in total. The highest BCUT2D eigenvalue weighted by atomic mass is 16.5. The molecule has 3 aromatic carbocycles. The van der Waals surface area contributed by atoms with Crippen LogP contribution in [0.4, 0.5) is 0 Å². The number of aromatic hydroxyl groups is 1. The number of para-hydroxylation sites is 1. The number of fused-ring (bicyclic) bond motifs is 1. The highest BCUT2D eigenvalue weighted by Gasteiger charge is 2.16. The van der Waals surface area contributed by atoms with E-state index < -0.39 is 0 Å². The first-order chi connectivity index (χ1) is 16.7. The number of phenolic OH excluding ortho intramolecular Hbond substituents is 1. The lowest BCUT2D eigenvalue weighted by Crippen LogP contribution is -2.29. The van der Waals surface area contributed by atoms with Gasteiger partial charge in [0.1, 0.15) is 11.5 Å². The average Bonchev–Trinajstić information content (AvgIpc) is 3.00. The third-order valence-electron chi connectivity index (χ3n) is 7.03. The van der Waals surface area contributed by atoms with Crippen LogP contribution < -0.4 is 10.1 Å². The number of hydrogen-bond acceptors (Lipinski definition) is 3. The van der Waals surface area contributed by atoms with E-state index in [0.717, 1.165) is 37.4 Å². The molecule has 0 aliphatic carbocycles. The Morgan fingerprint density at radius 3 is 2.56 bits per heavy atom. The molecule has 176 valence electrons. The zero-order valence-electron chi connectivity index (χ0n) is 20.0. The smallest absolute Gasteiger partial charge is 0.119 e. The number of benzene rings is 3. The molecule has 0 spiro atoms. The Bertz CT molecular complexity index is 1220. The molecule has 1 fully saturated rings. The van der Waals surface area contributed by atoms with Gasteiger partial charge < -0.3 is 19.7 Å². The lowest BCUT2D eigenvalue weighted by molar-refractivity contribution is 0.283. The van der Waals surface area contributed by atoms with Gasteiger partial charge in [0.15, 0.2) is 0 Å². The van der Waals surface area contributed by atoms with E-state index in [1.54, 1.807) is 12.1 Å². The Balaban J connectivity index is 1.33. The third kappa shape index (κ3) is 4.97. The first-order valence-electron chi connectivity index (χ1n) is 12.5. The Morgan fingerprint density at radius 2 is 1.74 bits per heavy atom. The Labute approximate surface area is 202 Å². The van der Waals surface area contributed by atoms with Crippen LogP contribution >= 0.6 is 0 Å². The van der Waals surface area contributed by atoms with Gasteiger partial charge in [-0.25, -0.2) is 0 Å². The summed E-state index contributed by atoms with van der Waals surface area (Å²) in [6.45, 7) is 4.85. The summed E-state index contributed by atoms with van der Waals surface area (Å²) >= 11 is 0. The second-order valence-electron chi connectivity index (χ2n) is 9.41. The maximum atomic E-state index is 9.77. The van der Waals surface area contributed by atoms with Crippen LogP contribution in [-0.2, 0) is 6.54 Å². The SMILES string of the molecule is Cc1c(-c2ccc(O)cc2)n(Cc2ccc(OCCC3CCCCCN3)cc2)c2ccccc12. The van der Waals surface area contributed by atoms with Crippen LogP contribution in [0, 0.1) is 6.92 Å². The molecule has 34 heavy (non-hydrogen) atoms. The summed E-state index contributed by atoms with van der Waals surface area (Å²) in [6.07, 6.45) is 6.29. The molecule has 4 aromatic rings. The van der Waals surface area contributed by atoms with Crippen molar-refractivity contribution in [2.75, 3.05) is 13.2 Å². The lowest BCUT2D eigenvalue weighted by atomic mass is 10.1. The molecule has 1 aliphatic rings. The molecule has 4 heteroatoms. The number of rotatable bonds is 7. The topological polar surface area (TPSA) is 46.4 Å². The fourth-order valence-electron chi connectivity index (χ4n) is 5.17. The molecule has 0 saturated carbocycles. The van der Waals surface area contributed by atoms with Crippen LogP contribution in [0.1, 0.15) is 43.2 Å². The molecule has 1 aliphatic heterocycles. The molecule has 1 saturated heterocycles. The number of phenols is 1. The van der Waals surface area contributed by atoms with E-state index >= 15 is 0 Å². The lowest BCUT2D eigenvalue weighted by Gasteiger charge is -2.16. The summed E-state index contributed by atoms with van der Waals surface area (Å²) in [5.74, 6) is 1.22. The molecule has 2 heterocycles. The molecular formula is C30H34N2O2. The average molecular weight is 455 g/mol. The number of aryl methyl sites for hydroxylation is 1. The Kier molecular flexibility index (Phi) is 6.87. The minimum absolute atomic E-state index is 0.287. The number of nitrogens with one attached hydrogen (secondary N) is 1. The number of ether oxygens (including phenoxy) is 1. The van der Waals surface area contributed by atoms with Crippen molar-refractivity contribution in [3.8, 4) is 22.8 Å². The fraction of sp³-hybridized carbons (Fsp3) is 0.333. The summed E-state index contributed by atoms with van der Waals surface area (Å²) in [4.78, 5) is 0. The monoisotopic (exact) mass is 454 g/mol. The van der Waals surface area contributed by atoms with E-state index in [-0.39, 0.29) is 5.75 Å². The van der Waals surface area contributed by atoms with E-state index in [1.165, 1.54) is 53.4 Å². The predicted octanol–water partition coefficient (Wildman–Crippen LogP) is 6.67. The normalized spacial score (nSPS) is 16.4. The van der Waals surface area contributed by atoms with Gasteiger partial charge in [-0.15, -0.1) is 0 Å². The van der Waals surface area contributed by atoms with Crippen molar-refractivity contribution in [3.63, 3.8) is 0 Å². The van der Waals surface area contributed by atoms with Crippen molar-refractivity contribution in [1.29, 1.82) is 0 Å². The minimum atomic E-state index is 0.287. The van der Waals surface area contributed by atoms with Gasteiger partial charge in [0, 0.05) is 23.5 Å². The molecule has 1 aromatic heterocycles. The highest BCUT2D eigenvalue weighted by molar-refractivity contribution is 5.91. The van der Waals surface area contributed by atoms with E-state index in [9.17, 15) is 5.11 Å². The van der Waals surface area contributed by atoms with Gasteiger partial charge in [-0.3, -0.25) is 0 Å². The zero-order chi connectivity index (χ0) is 23.3. The molecule has 5 rings (SSSR count). The van der Waals surface area contributed by atoms with Crippen LogP contribution in [0.3, 0.4) is 0 Å². The second kappa shape index (κ2) is 10.4. The molecule has 0 radical (unpaired) electrons. The summed E-state index contributed by atoms with van der Waals surface area (Å²) in [5, 5.41) is 14.7. The van der Waals surface area contributed by atoms with Crippen LogP contribution in [0.2, 0.25) is 0 Å². The second-order valence-corrected chi connectivity index (χ2v) is 9.41. The first-order valence-corrected chi connectivity index (χ1v) is 12.5. The van der Waals surface area contributed by atoms with E-state index in [1.807, 2.05) is 12.1 Å². The molecule has 1 atom stereocenters. The predicted molar refractivity (Wildman–Crippen MR) is 140 cm³/mol. The molecule has 1 unspecified atom stereocenters. The quantitative estimate of drug-likeness (QED) is 0.328. The van der Waals surface area contributed by atoms with Crippen LogP contribution in [0.5, 0.6) is 11.5 Å². The molecule has 0 bridgehead atoms. The van der Waals surface area contributed by atoms with Crippen molar-refractivity contribution in [1.82, 2.24) is 9.88 Å². The number of nitrogens with zero attached hydrogens (tertiary/aromatic N) is 1. The summed E-state index contributed by atoms with van der Waals surface area (Å²) in [7, 11) is 0. The van der Waals surface area contributed by atoms with E-state index in [2.05, 4.69) is 65.3 Å². The maximum Gasteiger partial charge on any atom is 0.119 e. The molecule has 2 N–H and O–H groups in total. The van der Waals surface area contributed by atoms with Gasteiger partial charge in [-0.1, -0.05) is 43.2 Å². The van der Waals surface area contributed by atoms with Crippen molar-refractivity contribution in [2.24, 2.45) is 0 Å². The highest BCUT2D eigenvalue weighted by Crippen LogP contribution is 2.34. The van der Waals surface area contributed by atoms with Gasteiger partial charge in [0.2, 0.25) is 0 Å². The van der Waals surface area contributed by atoms with Crippen LogP contribution in [0.15, 0.2) is 72.8 Å². The van der Waals surface area contributed by atoms with Crippen LogP contribution in [-0.4, -0.2) is 28.9 Å². The van der Waals surface area contributed by atoms with Gasteiger partial charge in [0.05, 0.1) is 12.3 Å². The first kappa shape index (κ1) is 22.5. The zero-order valence-corrected chi connectivity index (χ0v) is 20.0. The minimum Gasteiger partial charge on any atom is -0.508 e. The maximum absolute atomic E-state index is 9.77. The van der Waals surface area contributed by atoms with Gasteiger partial charge in [-0.2, -0.15) is 0 Å². The summed E-state index contributed by atoms with van der Waals surface area (Å²) < 4.78 is 8.44. The summed E-state index contributed by atoms with van der Waals surface area (Å²) in [6, 6.07) is 25.2. The standard InChI is InChI=1S/C30H34N2O2/c1-22-28-8-4-5-9-29(28)32(30(22)24-12-14-26(33)15-13-24)21-23-10-16-27(17-11-23)34-20-18-25-7-3-2-6-19-31-25/h4-5,8-17,25,31,33H,2-3,6-7,18-21H2,1H3. The van der Waals surface area contributed by atoms with Crippen molar-refractivity contribution < 1.29 is 9.84 Å². The molecule has 0 amide bonds. The van der Waals surface area contributed by atoms with Crippen molar-refractivity contribution in [3.05, 3.63) is 83.9 Å². The number of hydrogen-bond donors (Lipinski definition) is 2. The largest absolute Gasteiger partial charge is 0.508 e. The number of aromatic nitrogens is 1. The molecular weight excluding hydrogens is 420 g/mol. The Morgan fingerprint density at radius 1 is 0.941 bits per heavy atom.